The van der Waals surface area contributed by atoms with E-state index in [9.17, 15) is 0 Å². The molecule has 1 unspecified atom stereocenters. The van der Waals surface area contributed by atoms with Gasteiger partial charge in [-0.25, -0.2) is 0 Å². The minimum atomic E-state index is -1.44. The van der Waals surface area contributed by atoms with Gasteiger partial charge in [0.2, 0.25) is 0 Å². The van der Waals surface area contributed by atoms with Crippen LogP contribution in [0.15, 0.2) is 54.1 Å². The maximum atomic E-state index is 4.10. The molecule has 5 heteroatoms. The molecule has 0 radical (unpaired) electrons. The van der Waals surface area contributed by atoms with Crippen LogP contribution in [0.1, 0.15) is 43.0 Å². The molecule has 1 aliphatic carbocycles. The van der Waals surface area contributed by atoms with E-state index >= 15 is 0 Å². The Morgan fingerprint density at radius 2 is 1.56 bits per heavy atom. The van der Waals surface area contributed by atoms with Gasteiger partial charge in [0, 0.05) is 0 Å². The number of rotatable bonds is 3. The third-order valence-corrected chi connectivity index (χ3v) is 16.2. The first-order valence-corrected chi connectivity index (χ1v) is 15.6. The predicted octanol–water partition coefficient (Wildman–Crippen LogP) is -0.00800. The monoisotopic (exact) mass is 453 g/mol. The quantitative estimate of drug-likeness (QED) is 0.644. The van der Waals surface area contributed by atoms with Crippen molar-refractivity contribution < 1.29 is 41.7 Å². The maximum absolute atomic E-state index is 4.10. The van der Waals surface area contributed by atoms with Gasteiger partial charge in [0.25, 0.3) is 0 Å². The van der Waals surface area contributed by atoms with Crippen LogP contribution in [0.4, 0.5) is 0 Å². The Bertz CT molecular complexity index is 850. The van der Waals surface area contributed by atoms with Gasteiger partial charge in [-0.05, 0) is 0 Å². The van der Waals surface area contributed by atoms with Crippen molar-refractivity contribution >= 4 is 12.3 Å². The van der Waals surface area contributed by atoms with Gasteiger partial charge in [0.05, 0.1) is 0 Å². The molecule has 1 nitrogen and oxygen atoms in total. The number of benzene rings is 2. The van der Waals surface area contributed by atoms with Crippen molar-refractivity contribution in [1.82, 2.24) is 3.80 Å². The molecular formula is C22H29Cl2NSiTi. The van der Waals surface area contributed by atoms with Crippen LogP contribution < -0.4 is 28.6 Å². The first-order chi connectivity index (χ1) is 11.8. The molecule has 0 spiro atoms. The molecule has 2 aromatic carbocycles. The van der Waals surface area contributed by atoms with Gasteiger partial charge in [0.1, 0.15) is 0 Å². The summed E-state index contributed by atoms with van der Waals surface area (Å²) in [6.07, 6.45) is 2.14. The second kappa shape index (κ2) is 9.91. The zero-order chi connectivity index (χ0) is 18.2. The van der Waals surface area contributed by atoms with Crippen molar-refractivity contribution in [2.45, 2.75) is 50.6 Å². The van der Waals surface area contributed by atoms with Gasteiger partial charge in [-0.15, -0.1) is 0 Å². The van der Waals surface area contributed by atoms with Crippen LogP contribution in [0, 0.1) is 0 Å². The van der Waals surface area contributed by atoms with Crippen LogP contribution in [-0.2, 0) is 16.9 Å². The first-order valence-electron chi connectivity index (χ1n) is 9.10. The Labute approximate surface area is 183 Å². The smallest absolute Gasteiger partial charge is 1.00 e. The number of halogens is 2. The Morgan fingerprint density at radius 3 is 2.11 bits per heavy atom. The molecule has 0 saturated heterocycles. The fraction of sp³-hybridized carbons (Fsp3) is 0.364. The van der Waals surface area contributed by atoms with E-state index in [0.29, 0.717) is 4.22 Å². The van der Waals surface area contributed by atoms with Gasteiger partial charge >= 0.3 is 160 Å². The van der Waals surface area contributed by atoms with Crippen LogP contribution in [0.25, 0.3) is 17.2 Å². The standard InChI is InChI=1S/C16H13.C4H10N.C2H6Si.2ClH.Ti/c1-12-10-14-8-5-9-15(16(14)11-12)13-6-3-2-4-7-13;1-4(2,3)5;1-3-2;;;/h2-11H,1H3;5H,1-3H3;1-2H3;2*1H;/q;-1;;;;+3/p-2. The minimum Gasteiger partial charge on any atom is -1.00 e. The Kier molecular flexibility index (Phi) is 9.07. The van der Waals surface area contributed by atoms with Gasteiger partial charge < -0.3 is 24.8 Å². The molecule has 2 aromatic rings. The van der Waals surface area contributed by atoms with Crippen LogP contribution in [0.5, 0.6) is 0 Å². The average Bonchev–Trinajstić information content (AvgIpc) is 2.88. The van der Waals surface area contributed by atoms with E-state index in [0.717, 1.165) is 0 Å². The fourth-order valence-corrected chi connectivity index (χ4v) is 14.7. The molecule has 0 bridgehead atoms. The van der Waals surface area contributed by atoms with E-state index in [1.54, 1.807) is 11.1 Å². The van der Waals surface area contributed by atoms with Gasteiger partial charge in [-0.3, -0.25) is 0 Å². The molecule has 1 N–H and O–H groups in total. The molecule has 1 atom stereocenters. The van der Waals surface area contributed by atoms with Crippen molar-refractivity contribution in [1.29, 1.82) is 0 Å². The fourth-order valence-electron chi connectivity index (χ4n) is 3.69. The summed E-state index contributed by atoms with van der Waals surface area (Å²) in [4.78, 5) is 0. The number of hydrogen-bond donors (Lipinski definition) is 1. The Balaban J connectivity index is 0.00000182. The third kappa shape index (κ3) is 5.59. The van der Waals surface area contributed by atoms with E-state index in [1.165, 1.54) is 16.7 Å². The molecule has 0 fully saturated rings. The Morgan fingerprint density at radius 1 is 0.926 bits per heavy atom. The van der Waals surface area contributed by atoms with Crippen LogP contribution in [-0.4, -0.2) is 11.7 Å². The normalized spacial score (nSPS) is 14.9. The van der Waals surface area contributed by atoms with Crippen LogP contribution in [0.2, 0.25) is 13.1 Å². The van der Waals surface area contributed by atoms with Crippen molar-refractivity contribution in [2.75, 3.05) is 0 Å². The molecular weight excluding hydrogens is 425 g/mol. The topological polar surface area (TPSA) is 12.0 Å². The van der Waals surface area contributed by atoms with E-state index in [4.69, 9.17) is 0 Å². The summed E-state index contributed by atoms with van der Waals surface area (Å²) in [5.74, 6) is 0. The summed E-state index contributed by atoms with van der Waals surface area (Å²) in [5, 5.41) is 0. The molecule has 3 rings (SSSR count). The Hall–Kier alpha value is -0.349. The molecule has 0 aliphatic heterocycles. The number of nitrogens with one attached hydrogen (secondary N) is 1. The molecule has 0 amide bonds. The summed E-state index contributed by atoms with van der Waals surface area (Å²) < 4.78 is 4.75. The SMILES string of the molecule is CC1=Cc2c(-c3ccccc3)cccc2[CH]1[Ti+2]([NH]C(C)(C)C)=[Si](C)C.[Cl-].[Cl-]. The summed E-state index contributed by atoms with van der Waals surface area (Å²) in [6.45, 7) is 14.3. The maximum Gasteiger partial charge on any atom is -1.00 e. The molecule has 144 valence electrons. The van der Waals surface area contributed by atoms with E-state index < -0.39 is 16.9 Å². The number of fused-ring (bicyclic) bond motifs is 1. The molecule has 0 saturated carbocycles. The molecule has 0 heterocycles. The van der Waals surface area contributed by atoms with Gasteiger partial charge in [-0.2, -0.15) is 0 Å². The zero-order valence-electron chi connectivity index (χ0n) is 17.0. The summed E-state index contributed by atoms with van der Waals surface area (Å²) >= 11 is -1.44. The van der Waals surface area contributed by atoms with Crippen molar-refractivity contribution in [3.63, 3.8) is 0 Å². The zero-order valence-corrected chi connectivity index (χ0v) is 21.1. The van der Waals surface area contributed by atoms with Crippen molar-refractivity contribution in [3.8, 4) is 11.1 Å². The third-order valence-electron chi connectivity index (χ3n) is 4.70. The van der Waals surface area contributed by atoms with E-state index in [-0.39, 0.29) is 36.5 Å². The second-order valence-corrected chi connectivity index (χ2v) is 19.8. The van der Waals surface area contributed by atoms with E-state index in [2.05, 4.69) is 99.2 Å². The second-order valence-electron chi connectivity index (χ2n) is 8.28. The van der Waals surface area contributed by atoms with Crippen LogP contribution in [0.3, 0.4) is 0 Å². The summed E-state index contributed by atoms with van der Waals surface area (Å²) in [7, 11) is 0. The molecule has 1 aliphatic rings. The largest absolute Gasteiger partial charge is 1.00 e. The first kappa shape index (κ1) is 24.7. The van der Waals surface area contributed by atoms with Gasteiger partial charge in [-0.1, -0.05) is 0 Å². The minimum absolute atomic E-state index is 0. The van der Waals surface area contributed by atoms with Gasteiger partial charge in [0.15, 0.2) is 0 Å². The number of hydrogen-bond acceptors (Lipinski definition) is 1. The summed E-state index contributed by atoms with van der Waals surface area (Å²) in [6, 6.07) is 17.7. The van der Waals surface area contributed by atoms with Crippen molar-refractivity contribution in [3.05, 3.63) is 65.2 Å². The molecule has 0 aromatic heterocycles. The predicted molar refractivity (Wildman–Crippen MR) is 109 cm³/mol. The average molecular weight is 454 g/mol. The molecule has 27 heavy (non-hydrogen) atoms. The van der Waals surface area contributed by atoms with Crippen LogP contribution >= 0.6 is 0 Å². The van der Waals surface area contributed by atoms with Crippen molar-refractivity contribution in [2.24, 2.45) is 0 Å². The number of allylic oxidation sites excluding steroid dienone is 1. The summed E-state index contributed by atoms with van der Waals surface area (Å²) in [5.41, 5.74) is 7.51. The van der Waals surface area contributed by atoms with E-state index in [1.807, 2.05) is 0 Å².